The van der Waals surface area contributed by atoms with Crippen LogP contribution in [0.4, 0.5) is 5.82 Å². The van der Waals surface area contributed by atoms with Gasteiger partial charge in [-0.05, 0) is 30.7 Å². The number of pyridine rings is 1. The number of hydrogen-bond acceptors (Lipinski definition) is 4. The first-order valence-electron chi connectivity index (χ1n) is 6.37. The van der Waals surface area contributed by atoms with E-state index in [-0.39, 0.29) is 5.56 Å². The maximum absolute atomic E-state index is 12.0. The summed E-state index contributed by atoms with van der Waals surface area (Å²) in [6.07, 6.45) is 1.68. The molecule has 0 fully saturated rings. The van der Waals surface area contributed by atoms with Crippen LogP contribution in [0.1, 0.15) is 11.4 Å². The molecule has 0 aliphatic rings. The van der Waals surface area contributed by atoms with Crippen LogP contribution in [0.3, 0.4) is 0 Å². The smallest absolute Gasteiger partial charge is 0.259 e. The van der Waals surface area contributed by atoms with Crippen molar-refractivity contribution in [1.82, 2.24) is 15.0 Å². The molecule has 5 nitrogen and oxygen atoms in total. The summed E-state index contributed by atoms with van der Waals surface area (Å²) in [7, 11) is 0. The van der Waals surface area contributed by atoms with E-state index in [1.165, 1.54) is 0 Å². The molecular weight excluding hydrogens is 284 g/mol. The topological polar surface area (TPSA) is 70.7 Å². The predicted molar refractivity (Wildman–Crippen MR) is 86.7 cm³/mol. The summed E-state index contributed by atoms with van der Waals surface area (Å²) < 4.78 is 0. The number of rotatable bonds is 2. The first kappa shape index (κ1) is 13.4. The number of nitrogens with zero attached hydrogens (tertiary/aromatic N) is 2. The molecule has 2 aromatic heterocycles. The van der Waals surface area contributed by atoms with Gasteiger partial charge in [-0.2, -0.15) is 0 Å². The lowest BCUT2D eigenvalue weighted by Crippen LogP contribution is -2.21. The number of anilines is 1. The lowest BCUT2D eigenvalue weighted by atomic mass is 10.2. The highest BCUT2D eigenvalue weighted by atomic mass is 32.1. The van der Waals surface area contributed by atoms with Gasteiger partial charge in [0.1, 0.15) is 10.8 Å². The van der Waals surface area contributed by atoms with Crippen LogP contribution in [-0.2, 0) is 0 Å². The van der Waals surface area contributed by atoms with Gasteiger partial charge in [0.05, 0.1) is 10.9 Å². The summed E-state index contributed by atoms with van der Waals surface area (Å²) in [5.74, 6) is 0.983. The lowest BCUT2D eigenvalue weighted by molar-refractivity contribution is 1.14. The van der Waals surface area contributed by atoms with Gasteiger partial charge in [0.2, 0.25) is 0 Å². The maximum Gasteiger partial charge on any atom is 0.259 e. The molecule has 3 aromatic rings. The van der Waals surface area contributed by atoms with E-state index >= 15 is 0 Å². The Morgan fingerprint density at radius 1 is 1.24 bits per heavy atom. The number of benzene rings is 1. The van der Waals surface area contributed by atoms with Crippen molar-refractivity contribution in [2.45, 2.75) is 6.92 Å². The highest BCUT2D eigenvalue weighted by molar-refractivity contribution is 7.81. The van der Waals surface area contributed by atoms with Crippen LogP contribution in [0.5, 0.6) is 0 Å². The van der Waals surface area contributed by atoms with Crippen molar-refractivity contribution in [2.75, 3.05) is 5.32 Å². The summed E-state index contributed by atoms with van der Waals surface area (Å²) in [4.78, 5) is 23.6. The molecule has 0 saturated carbocycles. The second-order valence-corrected chi connectivity index (χ2v) is 4.96. The van der Waals surface area contributed by atoms with Crippen LogP contribution in [-0.4, -0.2) is 19.9 Å². The van der Waals surface area contributed by atoms with Gasteiger partial charge in [-0.25, -0.2) is 9.97 Å². The average Bonchev–Trinajstić information content (AvgIpc) is 2.49. The molecule has 0 atom stereocenters. The number of aromatic amines is 1. The van der Waals surface area contributed by atoms with Crippen molar-refractivity contribution in [3.8, 4) is 0 Å². The summed E-state index contributed by atoms with van der Waals surface area (Å²) in [6.45, 7) is 1.93. The Labute approximate surface area is 126 Å². The number of aryl methyl sites for hydroxylation is 1. The van der Waals surface area contributed by atoms with Crippen molar-refractivity contribution in [2.24, 2.45) is 0 Å². The molecule has 0 unspecified atom stereocenters. The number of para-hydroxylation sites is 1. The fourth-order valence-corrected chi connectivity index (χ4v) is 2.17. The SMILES string of the molecule is Cc1cccnc1NC(=S)c1nc2ccccc2c(=O)[nH]1. The van der Waals surface area contributed by atoms with E-state index in [9.17, 15) is 4.79 Å². The normalized spacial score (nSPS) is 10.5. The van der Waals surface area contributed by atoms with E-state index in [4.69, 9.17) is 12.2 Å². The van der Waals surface area contributed by atoms with E-state index < -0.39 is 0 Å². The zero-order valence-corrected chi connectivity index (χ0v) is 12.1. The second-order valence-electron chi connectivity index (χ2n) is 4.55. The Balaban J connectivity index is 1.99. The van der Waals surface area contributed by atoms with Gasteiger partial charge in [0.15, 0.2) is 5.82 Å². The highest BCUT2D eigenvalue weighted by Crippen LogP contribution is 2.11. The Morgan fingerprint density at radius 2 is 2.05 bits per heavy atom. The van der Waals surface area contributed by atoms with Gasteiger partial charge in [-0.15, -0.1) is 0 Å². The van der Waals surface area contributed by atoms with Crippen molar-refractivity contribution in [3.63, 3.8) is 0 Å². The number of fused-ring (bicyclic) bond motifs is 1. The van der Waals surface area contributed by atoms with Crippen LogP contribution in [0.2, 0.25) is 0 Å². The fraction of sp³-hybridized carbons (Fsp3) is 0.0667. The number of aromatic nitrogens is 3. The van der Waals surface area contributed by atoms with Crippen LogP contribution >= 0.6 is 12.2 Å². The van der Waals surface area contributed by atoms with E-state index in [2.05, 4.69) is 20.3 Å². The van der Waals surface area contributed by atoms with Crippen molar-refractivity contribution in [1.29, 1.82) is 0 Å². The average molecular weight is 296 g/mol. The second kappa shape index (κ2) is 5.41. The Morgan fingerprint density at radius 3 is 2.86 bits per heavy atom. The van der Waals surface area contributed by atoms with E-state index in [1.807, 2.05) is 25.1 Å². The number of thiocarbonyl (C=S) groups is 1. The first-order chi connectivity index (χ1) is 10.1. The first-order valence-corrected chi connectivity index (χ1v) is 6.78. The Hall–Kier alpha value is -2.60. The largest absolute Gasteiger partial charge is 0.328 e. The number of nitrogens with one attached hydrogen (secondary N) is 2. The summed E-state index contributed by atoms with van der Waals surface area (Å²) >= 11 is 5.30. The van der Waals surface area contributed by atoms with Gasteiger partial charge < -0.3 is 10.3 Å². The van der Waals surface area contributed by atoms with Crippen LogP contribution < -0.4 is 10.9 Å². The molecule has 6 heteroatoms. The van der Waals surface area contributed by atoms with Crippen LogP contribution in [0, 0.1) is 6.92 Å². The van der Waals surface area contributed by atoms with Crippen LogP contribution in [0.25, 0.3) is 10.9 Å². The summed E-state index contributed by atoms with van der Waals surface area (Å²) in [5.41, 5.74) is 1.36. The molecule has 2 heterocycles. The third-order valence-corrected chi connectivity index (χ3v) is 3.36. The van der Waals surface area contributed by atoms with Crippen molar-refractivity contribution in [3.05, 3.63) is 64.3 Å². The zero-order valence-electron chi connectivity index (χ0n) is 11.3. The van der Waals surface area contributed by atoms with Gasteiger partial charge in [0, 0.05) is 6.20 Å². The number of hydrogen-bond donors (Lipinski definition) is 2. The minimum atomic E-state index is -0.211. The number of H-pyrrole nitrogens is 1. The molecular formula is C15H12N4OS. The van der Waals surface area contributed by atoms with E-state index in [0.717, 1.165) is 5.56 Å². The Bertz CT molecular complexity index is 888. The van der Waals surface area contributed by atoms with Crippen LogP contribution in [0.15, 0.2) is 47.4 Å². The minimum Gasteiger partial charge on any atom is -0.328 e. The van der Waals surface area contributed by atoms with Crippen molar-refractivity contribution >= 4 is 33.9 Å². The summed E-state index contributed by atoms with van der Waals surface area (Å²) in [5, 5.41) is 3.55. The molecule has 0 spiro atoms. The molecule has 0 saturated heterocycles. The molecule has 1 aromatic carbocycles. The van der Waals surface area contributed by atoms with Gasteiger partial charge in [0.25, 0.3) is 5.56 Å². The zero-order chi connectivity index (χ0) is 14.8. The molecule has 21 heavy (non-hydrogen) atoms. The quantitative estimate of drug-likeness (QED) is 0.711. The van der Waals surface area contributed by atoms with Gasteiger partial charge in [-0.3, -0.25) is 4.79 Å². The van der Waals surface area contributed by atoms with Gasteiger partial charge >= 0.3 is 0 Å². The highest BCUT2D eigenvalue weighted by Gasteiger charge is 2.09. The molecule has 2 N–H and O–H groups in total. The molecule has 3 rings (SSSR count). The maximum atomic E-state index is 12.0. The minimum absolute atomic E-state index is 0.211. The van der Waals surface area contributed by atoms with E-state index in [1.54, 1.807) is 24.4 Å². The third-order valence-electron chi connectivity index (χ3n) is 3.07. The molecule has 0 bridgehead atoms. The predicted octanol–water partition coefficient (Wildman–Crippen LogP) is 2.41. The fourth-order valence-electron chi connectivity index (χ4n) is 1.98. The van der Waals surface area contributed by atoms with Crippen molar-refractivity contribution < 1.29 is 0 Å². The standard InChI is InChI=1S/C15H12N4OS/c1-9-5-4-8-16-12(9)19-15(21)13-17-11-7-3-2-6-10(11)14(20)18-13/h2-8H,1H3,(H,16,19,21)(H,17,18,20). The molecule has 0 aliphatic heterocycles. The molecule has 0 radical (unpaired) electrons. The van der Waals surface area contributed by atoms with Gasteiger partial charge in [-0.1, -0.05) is 30.4 Å². The molecule has 104 valence electrons. The molecule has 0 amide bonds. The van der Waals surface area contributed by atoms with E-state index in [0.29, 0.717) is 27.5 Å². The Kier molecular flexibility index (Phi) is 3.45. The third kappa shape index (κ3) is 2.66. The molecule has 0 aliphatic carbocycles. The summed E-state index contributed by atoms with van der Waals surface area (Å²) in [6, 6.07) is 10.9. The monoisotopic (exact) mass is 296 g/mol. The lowest BCUT2D eigenvalue weighted by Gasteiger charge is -2.09.